The number of nitrogens with zero attached hydrogens (tertiary/aromatic N) is 6. The van der Waals surface area contributed by atoms with Crippen LogP contribution in [-0.2, 0) is 16.0 Å². The number of anilines is 1. The number of aliphatic hydroxyl groups is 1. The SMILES string of the molecule is O=C(C=Cc1cc(Cl)ccc1-n1cnnn1)NC(Cc1ccccc1)c1cc(-c2ccc(NC(=O)CO)cc2)c(Cl)nn1. The number of halogens is 2. The van der Waals surface area contributed by atoms with E-state index in [2.05, 4.69) is 36.4 Å². The average Bonchev–Trinajstić information content (AvgIpc) is 3.56. The van der Waals surface area contributed by atoms with E-state index in [1.807, 2.05) is 30.3 Å². The molecule has 0 aliphatic rings. The predicted octanol–water partition coefficient (Wildman–Crippen LogP) is 4.47. The molecule has 0 saturated heterocycles. The van der Waals surface area contributed by atoms with Crippen molar-refractivity contribution in [3.05, 3.63) is 118 Å². The molecule has 1 unspecified atom stereocenters. The van der Waals surface area contributed by atoms with E-state index in [1.165, 1.54) is 17.1 Å². The van der Waals surface area contributed by atoms with Gasteiger partial charge in [-0.2, -0.15) is 9.78 Å². The first kappa shape index (κ1) is 29.5. The van der Waals surface area contributed by atoms with Gasteiger partial charge in [0.2, 0.25) is 11.8 Å². The molecule has 0 radical (unpaired) electrons. The first-order valence-corrected chi connectivity index (χ1v) is 13.7. The molecule has 2 aromatic heterocycles. The maximum absolute atomic E-state index is 13.2. The maximum Gasteiger partial charge on any atom is 0.250 e. The quantitative estimate of drug-likeness (QED) is 0.195. The summed E-state index contributed by atoms with van der Waals surface area (Å²) >= 11 is 12.6. The van der Waals surface area contributed by atoms with Crippen molar-refractivity contribution in [3.8, 4) is 16.8 Å². The number of aliphatic hydroxyl groups excluding tert-OH is 1. The van der Waals surface area contributed by atoms with E-state index < -0.39 is 18.6 Å². The summed E-state index contributed by atoms with van der Waals surface area (Å²) in [5.74, 6) is -0.889. The Morgan fingerprint density at radius 3 is 2.49 bits per heavy atom. The van der Waals surface area contributed by atoms with Crippen molar-refractivity contribution >= 4 is 46.8 Å². The van der Waals surface area contributed by atoms with Crippen molar-refractivity contribution in [2.45, 2.75) is 12.5 Å². The summed E-state index contributed by atoms with van der Waals surface area (Å²) in [5, 5.41) is 35.0. The predicted molar refractivity (Wildman–Crippen MR) is 162 cm³/mol. The first-order valence-electron chi connectivity index (χ1n) is 13.0. The smallest absolute Gasteiger partial charge is 0.250 e. The Labute approximate surface area is 256 Å². The molecule has 2 heterocycles. The van der Waals surface area contributed by atoms with Gasteiger partial charge in [0.05, 0.1) is 17.4 Å². The lowest BCUT2D eigenvalue weighted by Crippen LogP contribution is -2.29. The number of benzene rings is 3. The molecule has 5 aromatic rings. The number of amides is 2. The topological polar surface area (TPSA) is 148 Å². The lowest BCUT2D eigenvalue weighted by Gasteiger charge is -2.18. The highest BCUT2D eigenvalue weighted by Crippen LogP contribution is 2.30. The van der Waals surface area contributed by atoms with Gasteiger partial charge in [-0.15, -0.1) is 10.2 Å². The summed E-state index contributed by atoms with van der Waals surface area (Å²) in [6.45, 7) is -0.617. The van der Waals surface area contributed by atoms with Crippen molar-refractivity contribution in [2.24, 2.45) is 0 Å². The van der Waals surface area contributed by atoms with Gasteiger partial charge in [0.1, 0.15) is 12.9 Å². The Kier molecular flexibility index (Phi) is 9.47. The number of carbonyl (C=O) groups is 2. The highest BCUT2D eigenvalue weighted by molar-refractivity contribution is 6.32. The number of hydrogen-bond donors (Lipinski definition) is 3. The third-order valence-corrected chi connectivity index (χ3v) is 6.86. The second-order valence-electron chi connectivity index (χ2n) is 9.30. The van der Waals surface area contributed by atoms with Gasteiger partial charge in [0.25, 0.3) is 0 Å². The number of rotatable bonds is 10. The number of nitrogens with one attached hydrogen (secondary N) is 2. The lowest BCUT2D eigenvalue weighted by molar-refractivity contribution is -0.119. The summed E-state index contributed by atoms with van der Waals surface area (Å²) in [4.78, 5) is 24.7. The molecule has 0 fully saturated rings. The van der Waals surface area contributed by atoms with Crippen LogP contribution < -0.4 is 10.6 Å². The second kappa shape index (κ2) is 13.8. The molecule has 0 aliphatic carbocycles. The van der Waals surface area contributed by atoms with Gasteiger partial charge in [0.15, 0.2) is 5.15 Å². The van der Waals surface area contributed by atoms with Gasteiger partial charge in [0, 0.05) is 27.9 Å². The van der Waals surface area contributed by atoms with Gasteiger partial charge in [-0.3, -0.25) is 9.59 Å². The Morgan fingerprint density at radius 2 is 1.77 bits per heavy atom. The summed E-state index contributed by atoms with van der Waals surface area (Å²) in [7, 11) is 0. The second-order valence-corrected chi connectivity index (χ2v) is 10.1. The van der Waals surface area contributed by atoms with Crippen molar-refractivity contribution < 1.29 is 14.7 Å². The van der Waals surface area contributed by atoms with Gasteiger partial charge < -0.3 is 15.7 Å². The van der Waals surface area contributed by atoms with Crippen molar-refractivity contribution in [3.63, 3.8) is 0 Å². The summed E-state index contributed by atoms with van der Waals surface area (Å²) in [5.41, 5.74) is 4.61. The first-order chi connectivity index (χ1) is 20.9. The van der Waals surface area contributed by atoms with Crippen LogP contribution in [0.2, 0.25) is 10.2 Å². The Balaban J connectivity index is 1.42. The molecule has 216 valence electrons. The fourth-order valence-corrected chi connectivity index (χ4v) is 4.68. The highest BCUT2D eigenvalue weighted by atomic mass is 35.5. The minimum Gasteiger partial charge on any atom is -0.387 e. The molecule has 1 atom stereocenters. The van der Waals surface area contributed by atoms with E-state index in [-0.39, 0.29) is 11.1 Å². The minimum atomic E-state index is -0.617. The zero-order valence-electron chi connectivity index (χ0n) is 22.4. The van der Waals surface area contributed by atoms with E-state index in [1.54, 1.807) is 54.6 Å². The standard InChI is InChI=1S/C30H24Cl2N8O3/c31-22-9-12-27(40-18-33-38-39-40)21(15-22)8-13-28(42)35-25(14-19-4-2-1-3-5-19)26-16-24(30(32)37-36-26)20-6-10-23(11-7-20)34-29(43)17-41/h1-13,15-16,18,25,41H,14,17H2,(H,34,43)(H,35,42). The monoisotopic (exact) mass is 614 g/mol. The summed E-state index contributed by atoms with van der Waals surface area (Å²) in [6.07, 6.45) is 4.93. The number of hydrogen-bond acceptors (Lipinski definition) is 8. The van der Waals surface area contributed by atoms with E-state index in [9.17, 15) is 9.59 Å². The summed E-state index contributed by atoms with van der Waals surface area (Å²) in [6, 6.07) is 23.0. The largest absolute Gasteiger partial charge is 0.387 e. The normalized spacial score (nSPS) is 11.8. The van der Waals surface area contributed by atoms with E-state index in [4.69, 9.17) is 28.3 Å². The van der Waals surface area contributed by atoms with Gasteiger partial charge >= 0.3 is 0 Å². The average molecular weight is 615 g/mol. The van der Waals surface area contributed by atoms with Crippen LogP contribution in [0.25, 0.3) is 22.9 Å². The highest BCUT2D eigenvalue weighted by Gasteiger charge is 2.19. The van der Waals surface area contributed by atoms with Crippen LogP contribution in [0.4, 0.5) is 5.69 Å². The Morgan fingerprint density at radius 1 is 0.977 bits per heavy atom. The van der Waals surface area contributed by atoms with Crippen molar-refractivity contribution in [2.75, 3.05) is 11.9 Å². The number of aromatic nitrogens is 6. The molecule has 11 nitrogen and oxygen atoms in total. The van der Waals surface area contributed by atoms with E-state index in [0.29, 0.717) is 39.6 Å². The summed E-state index contributed by atoms with van der Waals surface area (Å²) < 4.78 is 1.48. The Hall–Kier alpha value is -4.97. The van der Waals surface area contributed by atoms with Gasteiger partial charge in [-0.25, -0.2) is 0 Å². The van der Waals surface area contributed by atoms with Crippen LogP contribution in [0.3, 0.4) is 0 Å². The number of tetrazole rings is 1. The van der Waals surface area contributed by atoms with Gasteiger partial charge in [-0.1, -0.05) is 65.7 Å². The van der Waals surface area contributed by atoms with Crippen LogP contribution in [0.1, 0.15) is 22.9 Å². The zero-order valence-corrected chi connectivity index (χ0v) is 23.9. The van der Waals surface area contributed by atoms with Crippen LogP contribution in [0.15, 0.2) is 91.3 Å². The molecule has 43 heavy (non-hydrogen) atoms. The van der Waals surface area contributed by atoms with Crippen molar-refractivity contribution in [1.82, 2.24) is 35.7 Å². The maximum atomic E-state index is 13.2. The fraction of sp³-hybridized carbons (Fsp3) is 0.100. The molecule has 0 spiro atoms. The molecule has 0 aliphatic heterocycles. The molecule has 0 saturated carbocycles. The van der Waals surface area contributed by atoms with Crippen molar-refractivity contribution in [1.29, 1.82) is 0 Å². The number of carbonyl (C=O) groups excluding carboxylic acids is 2. The molecular weight excluding hydrogens is 591 g/mol. The fourth-order valence-electron chi connectivity index (χ4n) is 4.30. The molecule has 0 bridgehead atoms. The molecular formula is C30H24Cl2N8O3. The van der Waals surface area contributed by atoms with Crippen LogP contribution in [0.5, 0.6) is 0 Å². The zero-order chi connectivity index (χ0) is 30.2. The van der Waals surface area contributed by atoms with E-state index >= 15 is 0 Å². The van der Waals surface area contributed by atoms with Gasteiger partial charge in [-0.05, 0) is 70.4 Å². The molecule has 3 N–H and O–H groups in total. The molecule has 5 rings (SSSR count). The van der Waals surface area contributed by atoms with Crippen LogP contribution in [0, 0.1) is 0 Å². The van der Waals surface area contributed by atoms with E-state index in [0.717, 1.165) is 11.1 Å². The lowest BCUT2D eigenvalue weighted by atomic mass is 10.00. The molecule has 13 heteroatoms. The Bertz CT molecular complexity index is 1750. The van der Waals surface area contributed by atoms with Crippen LogP contribution >= 0.6 is 23.2 Å². The third kappa shape index (κ3) is 7.66. The molecule has 3 aromatic carbocycles. The molecule has 2 amide bonds. The third-order valence-electron chi connectivity index (χ3n) is 6.35. The minimum absolute atomic E-state index is 0.177. The van der Waals surface area contributed by atoms with Crippen LogP contribution in [-0.4, -0.2) is 53.9 Å².